The molecular weight excluding hydrogens is 286 g/mol. The third-order valence-corrected chi connectivity index (χ3v) is 4.49. The maximum absolute atomic E-state index is 13.6. The molecule has 0 radical (unpaired) electrons. The fraction of sp³-hybridized carbons (Fsp3) is 0.154. The van der Waals surface area contributed by atoms with Crippen molar-refractivity contribution in [1.82, 2.24) is 4.98 Å². The summed E-state index contributed by atoms with van der Waals surface area (Å²) in [6.45, 7) is 0. The molecular formula is C13H12F2N2O2S. The first-order chi connectivity index (χ1) is 9.40. The fourth-order valence-electron chi connectivity index (χ4n) is 1.78. The number of benzene rings is 1. The van der Waals surface area contributed by atoms with Crippen LogP contribution in [0.1, 0.15) is 5.56 Å². The van der Waals surface area contributed by atoms with E-state index in [9.17, 15) is 17.2 Å². The number of hydrogen-bond donors (Lipinski definition) is 1. The highest BCUT2D eigenvalue weighted by Crippen LogP contribution is 2.23. The van der Waals surface area contributed by atoms with Crippen LogP contribution >= 0.6 is 0 Å². The summed E-state index contributed by atoms with van der Waals surface area (Å²) in [6, 6.07) is 4.88. The number of nitrogens with two attached hydrogens (primary N) is 1. The van der Waals surface area contributed by atoms with Crippen LogP contribution in [-0.4, -0.2) is 19.2 Å². The first kappa shape index (κ1) is 14.4. The number of nitrogens with zero attached hydrogens (tertiary/aromatic N) is 1. The predicted octanol–water partition coefficient (Wildman–Crippen LogP) is 1.96. The predicted molar refractivity (Wildman–Crippen MR) is 70.8 cm³/mol. The minimum Gasteiger partial charge on any atom is -0.399 e. The van der Waals surface area contributed by atoms with Crippen molar-refractivity contribution < 1.29 is 17.2 Å². The first-order valence-corrected chi connectivity index (χ1v) is 7.41. The molecule has 0 atom stereocenters. The summed E-state index contributed by atoms with van der Waals surface area (Å²) in [5.74, 6) is -2.73. The zero-order valence-corrected chi connectivity index (χ0v) is 11.2. The number of rotatable bonds is 4. The van der Waals surface area contributed by atoms with Crippen molar-refractivity contribution in [3.63, 3.8) is 0 Å². The van der Waals surface area contributed by atoms with Crippen molar-refractivity contribution in [2.45, 2.75) is 11.3 Å². The van der Waals surface area contributed by atoms with Crippen LogP contribution in [0.5, 0.6) is 0 Å². The lowest BCUT2D eigenvalue weighted by molar-refractivity contribution is 0.520. The van der Waals surface area contributed by atoms with Crippen molar-refractivity contribution in [1.29, 1.82) is 0 Å². The van der Waals surface area contributed by atoms with Gasteiger partial charge in [-0.1, -0.05) is 0 Å². The normalized spacial score (nSPS) is 11.5. The number of aryl methyl sites for hydroxylation is 1. The van der Waals surface area contributed by atoms with Crippen LogP contribution in [0, 0.1) is 11.6 Å². The van der Waals surface area contributed by atoms with Gasteiger partial charge in [0.15, 0.2) is 9.84 Å². The summed E-state index contributed by atoms with van der Waals surface area (Å²) < 4.78 is 51.3. The monoisotopic (exact) mass is 298 g/mol. The highest BCUT2D eigenvalue weighted by molar-refractivity contribution is 7.91. The summed E-state index contributed by atoms with van der Waals surface area (Å²) >= 11 is 0. The van der Waals surface area contributed by atoms with Gasteiger partial charge in [-0.05, 0) is 36.2 Å². The molecule has 2 rings (SSSR count). The van der Waals surface area contributed by atoms with Crippen molar-refractivity contribution in [3.8, 4) is 0 Å². The van der Waals surface area contributed by atoms with E-state index >= 15 is 0 Å². The quantitative estimate of drug-likeness (QED) is 0.876. The van der Waals surface area contributed by atoms with Gasteiger partial charge in [-0.15, -0.1) is 0 Å². The maximum Gasteiger partial charge on any atom is 0.184 e. The molecule has 20 heavy (non-hydrogen) atoms. The molecule has 0 bridgehead atoms. The van der Waals surface area contributed by atoms with Crippen LogP contribution < -0.4 is 5.73 Å². The molecule has 0 spiro atoms. The highest BCUT2D eigenvalue weighted by atomic mass is 32.2. The number of halogens is 2. The Kier molecular flexibility index (Phi) is 3.99. The van der Waals surface area contributed by atoms with Gasteiger partial charge in [0, 0.05) is 18.1 Å². The molecule has 0 aliphatic carbocycles. The van der Waals surface area contributed by atoms with E-state index in [1.54, 1.807) is 12.1 Å². The molecule has 0 unspecified atom stereocenters. The van der Waals surface area contributed by atoms with Gasteiger partial charge in [0.1, 0.15) is 16.5 Å². The van der Waals surface area contributed by atoms with Crippen molar-refractivity contribution in [3.05, 3.63) is 53.9 Å². The van der Waals surface area contributed by atoms with E-state index in [0.29, 0.717) is 0 Å². The van der Waals surface area contributed by atoms with Gasteiger partial charge < -0.3 is 5.73 Å². The Morgan fingerprint density at radius 3 is 2.20 bits per heavy atom. The number of aromatic nitrogens is 1. The van der Waals surface area contributed by atoms with Crippen molar-refractivity contribution >= 4 is 15.5 Å². The molecule has 0 aliphatic heterocycles. The van der Waals surface area contributed by atoms with Gasteiger partial charge in [0.05, 0.1) is 5.75 Å². The fourth-order valence-corrected chi connectivity index (χ4v) is 3.20. The van der Waals surface area contributed by atoms with E-state index in [2.05, 4.69) is 4.98 Å². The average Bonchev–Trinajstić information content (AvgIpc) is 2.36. The van der Waals surface area contributed by atoms with Gasteiger partial charge in [0.25, 0.3) is 0 Å². The maximum atomic E-state index is 13.6. The third kappa shape index (κ3) is 3.11. The van der Waals surface area contributed by atoms with Crippen LogP contribution in [0.15, 0.2) is 41.6 Å². The molecule has 4 nitrogen and oxygen atoms in total. The second-order valence-electron chi connectivity index (χ2n) is 4.24. The second kappa shape index (κ2) is 5.54. The van der Waals surface area contributed by atoms with E-state index in [4.69, 9.17) is 5.73 Å². The van der Waals surface area contributed by atoms with Crippen molar-refractivity contribution in [2.24, 2.45) is 0 Å². The summed E-state index contributed by atoms with van der Waals surface area (Å²) in [6.07, 6.45) is 3.19. The minimum absolute atomic E-state index is 0.147. The molecule has 1 heterocycles. The first-order valence-electron chi connectivity index (χ1n) is 5.76. The van der Waals surface area contributed by atoms with Crippen molar-refractivity contribution in [2.75, 3.05) is 11.5 Å². The molecule has 2 N–H and O–H groups in total. The summed E-state index contributed by atoms with van der Waals surface area (Å²) in [5.41, 5.74) is 5.82. The van der Waals surface area contributed by atoms with Gasteiger partial charge in [-0.3, -0.25) is 4.98 Å². The van der Waals surface area contributed by atoms with Gasteiger partial charge in [-0.2, -0.15) is 0 Å². The van der Waals surface area contributed by atoms with E-state index < -0.39 is 32.1 Å². The Morgan fingerprint density at radius 2 is 1.65 bits per heavy atom. The summed E-state index contributed by atoms with van der Waals surface area (Å²) in [5, 5.41) is 0. The van der Waals surface area contributed by atoms with E-state index in [0.717, 1.165) is 17.7 Å². The molecule has 106 valence electrons. The lowest BCUT2D eigenvalue weighted by Crippen LogP contribution is -2.13. The lowest BCUT2D eigenvalue weighted by Gasteiger charge is -2.08. The van der Waals surface area contributed by atoms with E-state index in [1.165, 1.54) is 12.4 Å². The van der Waals surface area contributed by atoms with Crippen LogP contribution in [0.2, 0.25) is 0 Å². The highest BCUT2D eigenvalue weighted by Gasteiger charge is 2.24. The van der Waals surface area contributed by atoms with Gasteiger partial charge in [0.2, 0.25) is 0 Å². The molecule has 0 fully saturated rings. The Balaban J connectivity index is 2.28. The van der Waals surface area contributed by atoms with Crippen LogP contribution in [0.4, 0.5) is 14.5 Å². The molecule has 0 saturated heterocycles. The topological polar surface area (TPSA) is 73.1 Å². The standard InChI is InChI=1S/C13H12F2N2O2S/c14-11-7-10(16)8-12(15)13(11)20(18,19)6-3-9-1-4-17-5-2-9/h1-2,4-5,7-8H,3,6,16H2. The molecule has 2 aromatic rings. The summed E-state index contributed by atoms with van der Waals surface area (Å²) in [4.78, 5) is 2.87. The lowest BCUT2D eigenvalue weighted by atomic mass is 10.2. The average molecular weight is 298 g/mol. The second-order valence-corrected chi connectivity index (χ2v) is 6.28. The number of anilines is 1. The zero-order valence-electron chi connectivity index (χ0n) is 10.4. The van der Waals surface area contributed by atoms with Crippen LogP contribution in [0.3, 0.4) is 0 Å². The largest absolute Gasteiger partial charge is 0.399 e. The SMILES string of the molecule is Nc1cc(F)c(S(=O)(=O)CCc2ccncc2)c(F)c1. The Bertz CT molecular complexity index is 695. The van der Waals surface area contributed by atoms with E-state index in [1.807, 2.05) is 0 Å². The number of sulfone groups is 1. The van der Waals surface area contributed by atoms with Crippen LogP contribution in [-0.2, 0) is 16.3 Å². The molecule has 7 heteroatoms. The van der Waals surface area contributed by atoms with Gasteiger partial charge >= 0.3 is 0 Å². The zero-order chi connectivity index (χ0) is 14.8. The molecule has 0 aliphatic rings. The Morgan fingerprint density at radius 1 is 1.10 bits per heavy atom. The minimum atomic E-state index is -4.06. The third-order valence-electron chi connectivity index (χ3n) is 2.74. The van der Waals surface area contributed by atoms with Crippen LogP contribution in [0.25, 0.3) is 0 Å². The molecule has 0 amide bonds. The van der Waals surface area contributed by atoms with E-state index in [-0.39, 0.29) is 12.1 Å². The number of hydrogen-bond acceptors (Lipinski definition) is 4. The Hall–Kier alpha value is -2.02. The smallest absolute Gasteiger partial charge is 0.184 e. The van der Waals surface area contributed by atoms with Gasteiger partial charge in [-0.25, -0.2) is 17.2 Å². The molecule has 1 aromatic heterocycles. The molecule has 0 saturated carbocycles. The number of nitrogen functional groups attached to an aromatic ring is 1. The summed E-state index contributed by atoms with van der Waals surface area (Å²) in [7, 11) is -4.06. The number of pyridine rings is 1. The molecule has 1 aromatic carbocycles. The Labute approximate surface area is 115 Å².